The first-order valence-electron chi connectivity index (χ1n) is 10.8. The molecule has 8 nitrogen and oxygen atoms in total. The Bertz CT molecular complexity index is 1340. The molecule has 0 saturated heterocycles. The topological polar surface area (TPSA) is 97.7 Å². The number of hydrogen-bond donors (Lipinski definition) is 2. The summed E-state index contributed by atoms with van der Waals surface area (Å²) < 4.78 is 21.7. The van der Waals surface area contributed by atoms with Gasteiger partial charge in [-0.1, -0.05) is 6.58 Å². The molecule has 2 N–H and O–H groups in total. The van der Waals surface area contributed by atoms with Crippen LogP contribution in [0.1, 0.15) is 19.5 Å². The molecule has 1 amide bonds. The van der Waals surface area contributed by atoms with Crippen LogP contribution in [0.5, 0.6) is 5.75 Å². The summed E-state index contributed by atoms with van der Waals surface area (Å²) in [5.74, 6) is -0.252. The number of nitrogens with zero attached hydrogens (tertiary/aromatic N) is 4. The zero-order valence-corrected chi connectivity index (χ0v) is 19.2. The molecule has 3 aromatic heterocycles. The average Bonchev–Trinajstić information content (AvgIpc) is 3.46. The Balaban J connectivity index is 1.83. The Hall–Kier alpha value is -4.27. The number of hydrogen-bond acceptors (Lipinski definition) is 5. The molecule has 174 valence electrons. The number of halogens is 1. The minimum atomic E-state index is -0.388. The summed E-state index contributed by atoms with van der Waals surface area (Å²) in [7, 11) is 1.84. The quantitative estimate of drug-likeness (QED) is 0.383. The van der Waals surface area contributed by atoms with Crippen molar-refractivity contribution in [2.75, 3.05) is 0 Å². The van der Waals surface area contributed by atoms with Crippen LogP contribution < -0.4 is 10.1 Å². The molecule has 0 spiro atoms. The second kappa shape index (κ2) is 9.70. The Kier molecular flexibility index (Phi) is 6.53. The van der Waals surface area contributed by atoms with E-state index in [0.29, 0.717) is 34.1 Å². The lowest BCUT2D eigenvalue weighted by Gasteiger charge is -2.16. The lowest BCUT2D eigenvalue weighted by atomic mass is 9.99. The molecule has 0 aliphatic carbocycles. The highest BCUT2D eigenvalue weighted by Crippen LogP contribution is 2.38. The van der Waals surface area contributed by atoms with E-state index in [4.69, 9.17) is 9.72 Å². The SMILES string of the molecule is C=CC(=O)NCc1cc(-c2nc(-c3cnn(C)c3)ccc2-c2ccc(F)cc2OC(C)C)n[nH]1. The lowest BCUT2D eigenvalue weighted by Crippen LogP contribution is -2.20. The number of pyridine rings is 1. The van der Waals surface area contributed by atoms with Crippen LogP contribution in [0, 0.1) is 5.82 Å². The zero-order chi connectivity index (χ0) is 24.2. The maximum absolute atomic E-state index is 14.0. The number of H-pyrrole nitrogens is 1. The molecule has 0 bridgehead atoms. The molecule has 34 heavy (non-hydrogen) atoms. The first-order valence-corrected chi connectivity index (χ1v) is 10.8. The van der Waals surface area contributed by atoms with Gasteiger partial charge in [0.25, 0.3) is 0 Å². The van der Waals surface area contributed by atoms with Crippen molar-refractivity contribution >= 4 is 5.91 Å². The van der Waals surface area contributed by atoms with E-state index in [1.807, 2.05) is 45.3 Å². The number of benzene rings is 1. The van der Waals surface area contributed by atoms with Crippen LogP contribution in [0.4, 0.5) is 4.39 Å². The van der Waals surface area contributed by atoms with E-state index in [1.165, 1.54) is 18.2 Å². The van der Waals surface area contributed by atoms with E-state index in [9.17, 15) is 9.18 Å². The average molecular weight is 461 g/mol. The first-order chi connectivity index (χ1) is 16.3. The highest BCUT2D eigenvalue weighted by Gasteiger charge is 2.19. The van der Waals surface area contributed by atoms with Crippen molar-refractivity contribution < 1.29 is 13.9 Å². The summed E-state index contributed by atoms with van der Waals surface area (Å²) >= 11 is 0. The van der Waals surface area contributed by atoms with Crippen molar-refractivity contribution in [2.45, 2.75) is 26.5 Å². The third kappa shape index (κ3) is 5.03. The number of carbonyl (C=O) groups is 1. The van der Waals surface area contributed by atoms with Crippen molar-refractivity contribution in [3.63, 3.8) is 0 Å². The summed E-state index contributed by atoms with van der Waals surface area (Å²) in [5, 5.41) is 14.3. The highest BCUT2D eigenvalue weighted by molar-refractivity contribution is 5.87. The molecule has 0 unspecified atom stereocenters. The van der Waals surface area contributed by atoms with Crippen molar-refractivity contribution in [3.05, 3.63) is 73.0 Å². The molecule has 1 aromatic carbocycles. The number of aromatic amines is 1. The minimum Gasteiger partial charge on any atom is -0.490 e. The summed E-state index contributed by atoms with van der Waals surface area (Å²) in [6, 6.07) is 10.1. The van der Waals surface area contributed by atoms with E-state index in [2.05, 4.69) is 27.2 Å². The van der Waals surface area contributed by atoms with E-state index in [1.54, 1.807) is 16.9 Å². The number of rotatable bonds is 8. The van der Waals surface area contributed by atoms with E-state index in [-0.39, 0.29) is 24.4 Å². The zero-order valence-electron chi connectivity index (χ0n) is 19.2. The fraction of sp³-hybridized carbons (Fsp3) is 0.200. The van der Waals surface area contributed by atoms with Crippen molar-refractivity contribution in [3.8, 4) is 39.5 Å². The number of amides is 1. The fourth-order valence-corrected chi connectivity index (χ4v) is 3.48. The smallest absolute Gasteiger partial charge is 0.243 e. The molecule has 4 aromatic rings. The molecule has 0 atom stereocenters. The molecule has 3 heterocycles. The molecule has 0 aliphatic heterocycles. The predicted octanol–water partition coefficient (Wildman–Crippen LogP) is 4.27. The molecule has 0 aliphatic rings. The van der Waals surface area contributed by atoms with Gasteiger partial charge in [-0.15, -0.1) is 0 Å². The summed E-state index contributed by atoms with van der Waals surface area (Å²) in [5.41, 5.74) is 4.84. The highest BCUT2D eigenvalue weighted by atomic mass is 19.1. The van der Waals surface area contributed by atoms with E-state index in [0.717, 1.165) is 11.1 Å². The van der Waals surface area contributed by atoms with E-state index < -0.39 is 0 Å². The number of carbonyl (C=O) groups excluding carboxylic acids is 1. The Morgan fingerprint density at radius 3 is 2.74 bits per heavy atom. The number of nitrogens with one attached hydrogen (secondary N) is 2. The predicted molar refractivity (Wildman–Crippen MR) is 127 cm³/mol. The van der Waals surface area contributed by atoms with Gasteiger partial charge in [0.15, 0.2) is 0 Å². The molecular weight excluding hydrogens is 435 g/mol. The van der Waals surface area contributed by atoms with Gasteiger partial charge in [0, 0.05) is 36.0 Å². The van der Waals surface area contributed by atoms with Gasteiger partial charge in [-0.05, 0) is 50.3 Å². The first kappa shape index (κ1) is 22.9. The van der Waals surface area contributed by atoms with Gasteiger partial charge in [0.1, 0.15) is 17.3 Å². The van der Waals surface area contributed by atoms with Crippen LogP contribution in [0.2, 0.25) is 0 Å². The van der Waals surface area contributed by atoms with Gasteiger partial charge >= 0.3 is 0 Å². The molecule has 4 rings (SSSR count). The Morgan fingerprint density at radius 1 is 1.24 bits per heavy atom. The maximum atomic E-state index is 14.0. The Labute approximate surface area is 196 Å². The molecule has 0 fully saturated rings. The van der Waals surface area contributed by atoms with E-state index >= 15 is 0 Å². The second-order valence-corrected chi connectivity index (χ2v) is 8.00. The van der Waals surface area contributed by atoms with Gasteiger partial charge in [-0.2, -0.15) is 10.2 Å². The lowest BCUT2D eigenvalue weighted by molar-refractivity contribution is -0.116. The van der Waals surface area contributed by atoms with Crippen molar-refractivity contribution in [1.29, 1.82) is 0 Å². The van der Waals surface area contributed by atoms with Crippen LogP contribution in [-0.4, -0.2) is 37.0 Å². The van der Waals surface area contributed by atoms with Gasteiger partial charge in [-0.3, -0.25) is 14.6 Å². The van der Waals surface area contributed by atoms with Crippen molar-refractivity contribution in [1.82, 2.24) is 30.3 Å². The standard InChI is InChI=1S/C25H25FN6O2/c1-5-24(33)27-13-18-11-22(31-30-18)25-20(8-9-21(29-25)16-12-28-32(4)14-16)19-7-6-17(26)10-23(19)34-15(2)3/h5-12,14-15H,1,13H2,2-4H3,(H,27,33)(H,30,31). The summed E-state index contributed by atoms with van der Waals surface area (Å²) in [4.78, 5) is 16.4. The van der Waals surface area contributed by atoms with Crippen LogP contribution in [0.3, 0.4) is 0 Å². The van der Waals surface area contributed by atoms with Gasteiger partial charge < -0.3 is 10.1 Å². The summed E-state index contributed by atoms with van der Waals surface area (Å²) in [6.07, 6.45) is 4.67. The summed E-state index contributed by atoms with van der Waals surface area (Å²) in [6.45, 7) is 7.48. The second-order valence-electron chi connectivity index (χ2n) is 8.00. The van der Waals surface area contributed by atoms with Crippen LogP contribution in [0.25, 0.3) is 33.8 Å². The van der Waals surface area contributed by atoms with Crippen LogP contribution in [-0.2, 0) is 18.4 Å². The van der Waals surface area contributed by atoms with Gasteiger partial charge in [0.2, 0.25) is 5.91 Å². The van der Waals surface area contributed by atoms with Crippen LogP contribution >= 0.6 is 0 Å². The number of aromatic nitrogens is 5. The van der Waals surface area contributed by atoms with Crippen LogP contribution in [0.15, 0.2) is 61.4 Å². The minimum absolute atomic E-state index is 0.142. The molecule has 0 saturated carbocycles. The third-order valence-corrected chi connectivity index (χ3v) is 5.00. The molecular formula is C25H25FN6O2. The number of ether oxygens (including phenoxy) is 1. The van der Waals surface area contributed by atoms with Gasteiger partial charge in [-0.25, -0.2) is 9.37 Å². The van der Waals surface area contributed by atoms with Gasteiger partial charge in [0.05, 0.1) is 35.9 Å². The Morgan fingerprint density at radius 2 is 2.03 bits per heavy atom. The number of aryl methyl sites for hydroxylation is 1. The monoisotopic (exact) mass is 460 g/mol. The molecule has 0 radical (unpaired) electrons. The maximum Gasteiger partial charge on any atom is 0.243 e. The largest absolute Gasteiger partial charge is 0.490 e. The fourth-order valence-electron chi connectivity index (χ4n) is 3.48. The normalized spacial score (nSPS) is 11.0. The third-order valence-electron chi connectivity index (χ3n) is 5.00. The van der Waals surface area contributed by atoms with Crippen molar-refractivity contribution in [2.24, 2.45) is 7.05 Å². The molecule has 9 heteroatoms.